The van der Waals surface area contributed by atoms with Gasteiger partial charge >= 0.3 is 5.63 Å². The Morgan fingerprint density at radius 3 is 2.90 bits per heavy atom. The number of aliphatic imine (C=N–C) groups is 1. The van der Waals surface area contributed by atoms with Gasteiger partial charge in [0.05, 0.1) is 0 Å². The molecular weight excluding hydrogens is 434 g/mol. The molecule has 0 saturated carbocycles. The van der Waals surface area contributed by atoms with Crippen LogP contribution in [-0.4, -0.2) is 22.2 Å². The predicted molar refractivity (Wildman–Crippen MR) is 127 cm³/mol. The lowest BCUT2D eigenvalue weighted by atomic mass is 9.99. The van der Waals surface area contributed by atoms with Gasteiger partial charge in [-0.1, -0.05) is 30.0 Å². The molecule has 1 aromatic heterocycles. The van der Waals surface area contributed by atoms with Gasteiger partial charge in [0.25, 0.3) is 5.23 Å². The molecule has 3 aromatic rings. The molecule has 0 aliphatic carbocycles. The highest BCUT2D eigenvalue weighted by molar-refractivity contribution is 8.13. The second kappa shape index (κ2) is 9.51. The fraction of sp³-hybridized carbons (Fsp3) is 0.182. The monoisotopic (exact) mass is 455 g/mol. The number of thioether (sulfide) groups is 1. The van der Waals surface area contributed by atoms with Crippen molar-refractivity contribution in [3.8, 4) is 5.75 Å². The van der Waals surface area contributed by atoms with E-state index in [4.69, 9.17) is 9.15 Å². The molecule has 1 aliphatic rings. The maximum atomic E-state index is 12.7. The van der Waals surface area contributed by atoms with Crippen molar-refractivity contribution in [3.63, 3.8) is 0 Å². The van der Waals surface area contributed by atoms with Gasteiger partial charge in [-0.2, -0.15) is 0 Å². The van der Waals surface area contributed by atoms with Crippen LogP contribution in [0.1, 0.15) is 16.7 Å². The van der Waals surface area contributed by atoms with E-state index >= 15 is 0 Å². The average Bonchev–Trinajstić information content (AvgIpc) is 2.77. The summed E-state index contributed by atoms with van der Waals surface area (Å²) in [6.07, 6.45) is 4.07. The standard InChI is InChI=1S/C22H21N3O4S2/c1-14-18-8-7-17(28-22-24-9-4-10-30-22)13-20(18)29-21(26)19(14)12-15-5-3-6-16(11-15)25-31(27)23-2/h3-9,11,13,23,25H,10,12H2,1-2H3. The Balaban J connectivity index is 1.62. The number of benzene rings is 2. The Labute approximate surface area is 186 Å². The maximum absolute atomic E-state index is 12.7. The van der Waals surface area contributed by atoms with Crippen LogP contribution in [-0.2, 0) is 17.6 Å². The van der Waals surface area contributed by atoms with Gasteiger partial charge in [0.2, 0.25) is 0 Å². The topological polar surface area (TPSA) is 92.9 Å². The van der Waals surface area contributed by atoms with E-state index in [1.807, 2.05) is 49.4 Å². The zero-order valence-electron chi connectivity index (χ0n) is 17.0. The highest BCUT2D eigenvalue weighted by atomic mass is 32.2. The fourth-order valence-electron chi connectivity index (χ4n) is 3.22. The number of rotatable bonds is 6. The Bertz CT molecular complexity index is 1270. The normalized spacial score (nSPS) is 14.3. The minimum Gasteiger partial charge on any atom is -0.434 e. The van der Waals surface area contributed by atoms with Crippen molar-refractivity contribution in [2.24, 2.45) is 4.99 Å². The number of fused-ring (bicyclic) bond motifs is 1. The number of nitrogens with zero attached hydrogens (tertiary/aromatic N) is 1. The molecule has 7 nitrogen and oxygen atoms in total. The number of anilines is 1. The van der Waals surface area contributed by atoms with Crippen LogP contribution in [0.15, 0.2) is 68.9 Å². The molecule has 160 valence electrons. The number of aryl methyl sites for hydroxylation is 1. The SMILES string of the molecule is CNS(=O)Nc1cccc(Cc2c(C)c3ccc(OC4=NC=CCS4)cc3oc2=O)c1. The van der Waals surface area contributed by atoms with E-state index in [0.29, 0.717) is 34.2 Å². The van der Waals surface area contributed by atoms with Crippen molar-refractivity contribution in [1.29, 1.82) is 0 Å². The summed E-state index contributed by atoms with van der Waals surface area (Å²) >= 11 is 0.129. The molecule has 1 unspecified atom stereocenters. The third-order valence-electron chi connectivity index (χ3n) is 4.76. The molecule has 0 saturated heterocycles. The fourth-order valence-corrected chi connectivity index (χ4v) is 4.28. The summed E-state index contributed by atoms with van der Waals surface area (Å²) in [6, 6.07) is 12.9. The summed E-state index contributed by atoms with van der Waals surface area (Å²) in [5, 5.41) is 1.41. The van der Waals surface area contributed by atoms with Crippen LogP contribution in [0.25, 0.3) is 11.0 Å². The third-order valence-corrected chi connectivity index (χ3v) is 6.34. The number of nitrogens with one attached hydrogen (secondary N) is 2. The van der Waals surface area contributed by atoms with Crippen LogP contribution >= 0.6 is 11.8 Å². The first-order valence-electron chi connectivity index (χ1n) is 9.58. The van der Waals surface area contributed by atoms with Gasteiger partial charge in [0.1, 0.15) is 11.3 Å². The van der Waals surface area contributed by atoms with Crippen molar-refractivity contribution < 1.29 is 13.4 Å². The van der Waals surface area contributed by atoms with Crippen molar-refractivity contribution >= 4 is 44.8 Å². The molecule has 4 rings (SSSR count). The molecule has 1 atom stereocenters. The molecule has 0 radical (unpaired) electrons. The third kappa shape index (κ3) is 5.07. The Kier molecular flexibility index (Phi) is 6.55. The number of hydrogen-bond acceptors (Lipinski definition) is 6. The first-order valence-corrected chi connectivity index (χ1v) is 11.7. The van der Waals surface area contributed by atoms with Gasteiger partial charge in [-0.25, -0.2) is 18.7 Å². The van der Waals surface area contributed by atoms with E-state index in [1.54, 1.807) is 19.3 Å². The molecule has 0 spiro atoms. The molecule has 2 N–H and O–H groups in total. The predicted octanol–water partition coefficient (Wildman–Crippen LogP) is 3.90. The zero-order valence-corrected chi connectivity index (χ0v) is 18.6. The second-order valence-electron chi connectivity index (χ2n) is 6.80. The van der Waals surface area contributed by atoms with Gasteiger partial charge < -0.3 is 9.15 Å². The lowest BCUT2D eigenvalue weighted by molar-refractivity contribution is 0.540. The van der Waals surface area contributed by atoms with Crippen molar-refractivity contribution in [2.75, 3.05) is 17.5 Å². The van der Waals surface area contributed by atoms with Crippen LogP contribution in [0, 0.1) is 6.92 Å². The van der Waals surface area contributed by atoms with Crippen molar-refractivity contribution in [3.05, 3.63) is 81.9 Å². The first kappa shape index (κ1) is 21.4. The summed E-state index contributed by atoms with van der Waals surface area (Å²) in [7, 11) is 1.60. The van der Waals surface area contributed by atoms with E-state index in [2.05, 4.69) is 14.4 Å². The molecule has 2 heterocycles. The molecule has 9 heteroatoms. The highest BCUT2D eigenvalue weighted by Gasteiger charge is 2.14. The van der Waals surface area contributed by atoms with Gasteiger partial charge in [0.15, 0.2) is 11.2 Å². The molecule has 0 bridgehead atoms. The molecule has 31 heavy (non-hydrogen) atoms. The maximum Gasteiger partial charge on any atom is 0.340 e. The van der Waals surface area contributed by atoms with E-state index < -0.39 is 11.2 Å². The smallest absolute Gasteiger partial charge is 0.340 e. The van der Waals surface area contributed by atoms with Crippen molar-refractivity contribution in [1.82, 2.24) is 4.72 Å². The largest absolute Gasteiger partial charge is 0.434 e. The summed E-state index contributed by atoms with van der Waals surface area (Å²) in [5.41, 5.74) is 3.15. The minimum absolute atomic E-state index is 0.383. The van der Waals surface area contributed by atoms with Gasteiger partial charge in [-0.05, 0) is 49.4 Å². The zero-order chi connectivity index (χ0) is 21.8. The lowest BCUT2D eigenvalue weighted by Crippen LogP contribution is -2.18. The number of ether oxygens (including phenoxy) is 1. The van der Waals surface area contributed by atoms with Crippen LogP contribution < -0.4 is 19.8 Å². The van der Waals surface area contributed by atoms with Crippen LogP contribution in [0.4, 0.5) is 5.69 Å². The van der Waals surface area contributed by atoms with E-state index in [1.165, 1.54) is 11.8 Å². The quantitative estimate of drug-likeness (QED) is 0.550. The average molecular weight is 456 g/mol. The highest BCUT2D eigenvalue weighted by Crippen LogP contribution is 2.27. The molecule has 0 amide bonds. The summed E-state index contributed by atoms with van der Waals surface area (Å²) in [6.45, 7) is 1.92. The van der Waals surface area contributed by atoms with Gasteiger partial charge in [0, 0.05) is 41.1 Å². The van der Waals surface area contributed by atoms with Gasteiger partial charge in [-0.15, -0.1) is 0 Å². The van der Waals surface area contributed by atoms with Crippen LogP contribution in [0.5, 0.6) is 5.75 Å². The lowest BCUT2D eigenvalue weighted by Gasteiger charge is -2.12. The van der Waals surface area contributed by atoms with E-state index in [0.717, 1.165) is 22.3 Å². The van der Waals surface area contributed by atoms with Crippen molar-refractivity contribution in [2.45, 2.75) is 13.3 Å². The molecule has 2 aromatic carbocycles. The Morgan fingerprint density at radius 1 is 1.26 bits per heavy atom. The molecule has 0 fully saturated rings. The number of hydrogen-bond donors (Lipinski definition) is 2. The molecule has 1 aliphatic heterocycles. The minimum atomic E-state index is -1.37. The first-order chi connectivity index (χ1) is 15.0. The van der Waals surface area contributed by atoms with Gasteiger partial charge in [-0.3, -0.25) is 4.72 Å². The Morgan fingerprint density at radius 2 is 2.13 bits per heavy atom. The van der Waals surface area contributed by atoms with E-state index in [9.17, 15) is 9.00 Å². The second-order valence-corrected chi connectivity index (χ2v) is 8.92. The summed E-state index contributed by atoms with van der Waals surface area (Å²) in [5.74, 6) is 1.38. The summed E-state index contributed by atoms with van der Waals surface area (Å²) in [4.78, 5) is 16.9. The molecular formula is C22H21N3O4S2. The summed E-state index contributed by atoms with van der Waals surface area (Å²) < 4.78 is 28.5. The van der Waals surface area contributed by atoms with Crippen LogP contribution in [0.2, 0.25) is 0 Å². The van der Waals surface area contributed by atoms with E-state index in [-0.39, 0.29) is 5.63 Å². The van der Waals surface area contributed by atoms with Crippen LogP contribution in [0.3, 0.4) is 0 Å². The Hall–Kier alpha value is -2.88.